The van der Waals surface area contributed by atoms with E-state index >= 15 is 0 Å². The molecule has 2 N–H and O–H groups in total. The highest BCUT2D eigenvalue weighted by Gasteiger charge is 2.36. The highest BCUT2D eigenvalue weighted by atomic mass is 16.2. The average Bonchev–Trinajstić information content (AvgIpc) is 2.14. The van der Waals surface area contributed by atoms with Crippen LogP contribution in [-0.4, -0.2) is 29.4 Å². The predicted octanol–water partition coefficient (Wildman–Crippen LogP) is 1.51. The first-order chi connectivity index (χ1) is 7.24. The maximum absolute atomic E-state index is 12.2. The third-order valence-electron chi connectivity index (χ3n) is 4.01. The molecular formula is C12H22N2O. The van der Waals surface area contributed by atoms with Crippen molar-refractivity contribution < 1.29 is 4.79 Å². The van der Waals surface area contributed by atoms with E-state index in [1.807, 2.05) is 0 Å². The maximum Gasteiger partial charge on any atom is 0.226 e. The fraction of sp³-hybridized carbons (Fsp3) is 0.917. The summed E-state index contributed by atoms with van der Waals surface area (Å²) in [5.41, 5.74) is 5.76. The minimum atomic E-state index is 0.307. The second kappa shape index (κ2) is 4.52. The van der Waals surface area contributed by atoms with Crippen LogP contribution < -0.4 is 5.73 Å². The summed E-state index contributed by atoms with van der Waals surface area (Å²) >= 11 is 0. The Kier molecular flexibility index (Phi) is 3.29. The molecule has 1 heterocycles. The van der Waals surface area contributed by atoms with Crippen molar-refractivity contribution in [2.75, 3.05) is 6.54 Å². The quantitative estimate of drug-likeness (QED) is 0.751. The predicted molar refractivity (Wildman–Crippen MR) is 60.3 cm³/mol. The maximum atomic E-state index is 12.2. The van der Waals surface area contributed by atoms with Crippen molar-refractivity contribution in [2.24, 2.45) is 11.7 Å². The molecular weight excluding hydrogens is 188 g/mol. The van der Waals surface area contributed by atoms with Gasteiger partial charge in [-0.15, -0.1) is 0 Å². The Hall–Kier alpha value is -0.570. The Bertz CT molecular complexity index is 238. The summed E-state index contributed by atoms with van der Waals surface area (Å²) < 4.78 is 0. The second-order valence-electron chi connectivity index (χ2n) is 5.04. The topological polar surface area (TPSA) is 46.3 Å². The van der Waals surface area contributed by atoms with Gasteiger partial charge in [-0.1, -0.05) is 6.42 Å². The highest BCUT2D eigenvalue weighted by molar-refractivity contribution is 5.80. The molecule has 2 rings (SSSR count). The van der Waals surface area contributed by atoms with Crippen LogP contribution in [0, 0.1) is 5.92 Å². The van der Waals surface area contributed by atoms with E-state index in [4.69, 9.17) is 5.73 Å². The molecule has 1 saturated heterocycles. The SMILES string of the molecule is CC1CCCC(CN)N1C(=O)C1CCC1. The van der Waals surface area contributed by atoms with E-state index < -0.39 is 0 Å². The third-order valence-corrected chi connectivity index (χ3v) is 4.01. The van der Waals surface area contributed by atoms with Gasteiger partial charge < -0.3 is 10.6 Å². The lowest BCUT2D eigenvalue weighted by molar-refractivity contribution is -0.144. The van der Waals surface area contributed by atoms with E-state index in [9.17, 15) is 4.79 Å². The van der Waals surface area contributed by atoms with Gasteiger partial charge in [0, 0.05) is 24.5 Å². The number of nitrogens with zero attached hydrogens (tertiary/aromatic N) is 1. The smallest absolute Gasteiger partial charge is 0.226 e. The lowest BCUT2D eigenvalue weighted by Crippen LogP contribution is -2.54. The van der Waals surface area contributed by atoms with Crippen LogP contribution in [0.5, 0.6) is 0 Å². The molecule has 0 aromatic rings. The van der Waals surface area contributed by atoms with Gasteiger partial charge in [-0.2, -0.15) is 0 Å². The Labute approximate surface area is 92.0 Å². The Morgan fingerprint density at radius 2 is 1.93 bits per heavy atom. The fourth-order valence-electron chi connectivity index (χ4n) is 2.78. The van der Waals surface area contributed by atoms with Crippen LogP contribution >= 0.6 is 0 Å². The number of carbonyl (C=O) groups is 1. The van der Waals surface area contributed by atoms with Gasteiger partial charge in [0.1, 0.15) is 0 Å². The largest absolute Gasteiger partial charge is 0.336 e. The van der Waals surface area contributed by atoms with Gasteiger partial charge in [0.05, 0.1) is 0 Å². The molecule has 2 unspecified atom stereocenters. The molecule has 2 fully saturated rings. The molecule has 86 valence electrons. The van der Waals surface area contributed by atoms with Crippen molar-refractivity contribution in [2.45, 2.75) is 57.5 Å². The first-order valence-electron chi connectivity index (χ1n) is 6.26. The fourth-order valence-corrected chi connectivity index (χ4v) is 2.78. The summed E-state index contributed by atoms with van der Waals surface area (Å²) in [4.78, 5) is 14.3. The molecule has 1 aliphatic carbocycles. The molecule has 0 aromatic carbocycles. The van der Waals surface area contributed by atoms with Gasteiger partial charge in [-0.25, -0.2) is 0 Å². The standard InChI is InChI=1S/C12H22N2O/c1-9-4-2-7-11(8-13)14(9)12(15)10-5-3-6-10/h9-11H,2-8,13H2,1H3. The van der Waals surface area contributed by atoms with Crippen molar-refractivity contribution in [3.05, 3.63) is 0 Å². The Balaban J connectivity index is 2.04. The summed E-state index contributed by atoms with van der Waals surface area (Å²) in [5, 5.41) is 0. The van der Waals surface area contributed by atoms with E-state index in [0.29, 0.717) is 30.5 Å². The lowest BCUT2D eigenvalue weighted by atomic mass is 9.82. The summed E-state index contributed by atoms with van der Waals surface area (Å²) in [7, 11) is 0. The zero-order valence-electron chi connectivity index (χ0n) is 9.61. The van der Waals surface area contributed by atoms with Crippen molar-refractivity contribution in [1.82, 2.24) is 4.90 Å². The molecule has 0 radical (unpaired) electrons. The van der Waals surface area contributed by atoms with E-state index in [1.165, 1.54) is 12.8 Å². The van der Waals surface area contributed by atoms with E-state index in [2.05, 4.69) is 11.8 Å². The number of rotatable bonds is 2. The molecule has 1 aliphatic heterocycles. The van der Waals surface area contributed by atoms with Gasteiger partial charge in [-0.3, -0.25) is 4.79 Å². The molecule has 0 spiro atoms. The monoisotopic (exact) mass is 210 g/mol. The van der Waals surface area contributed by atoms with Crippen LogP contribution in [0.15, 0.2) is 0 Å². The molecule has 2 atom stereocenters. The van der Waals surface area contributed by atoms with Crippen LogP contribution in [-0.2, 0) is 4.79 Å². The highest BCUT2D eigenvalue weighted by Crippen LogP contribution is 2.32. The number of nitrogens with two attached hydrogens (primary N) is 1. The summed E-state index contributed by atoms with van der Waals surface area (Å²) in [6.45, 7) is 2.79. The zero-order valence-corrected chi connectivity index (χ0v) is 9.61. The molecule has 2 aliphatic rings. The van der Waals surface area contributed by atoms with Crippen LogP contribution in [0.1, 0.15) is 45.4 Å². The second-order valence-corrected chi connectivity index (χ2v) is 5.04. The molecule has 3 heteroatoms. The van der Waals surface area contributed by atoms with Crippen LogP contribution in [0.2, 0.25) is 0 Å². The van der Waals surface area contributed by atoms with E-state index in [0.717, 1.165) is 25.7 Å². The number of amides is 1. The van der Waals surface area contributed by atoms with Gasteiger partial charge in [0.25, 0.3) is 0 Å². The van der Waals surface area contributed by atoms with Crippen molar-refractivity contribution >= 4 is 5.91 Å². The van der Waals surface area contributed by atoms with Gasteiger partial charge in [0.2, 0.25) is 5.91 Å². The summed E-state index contributed by atoms with van der Waals surface area (Å²) in [6, 6.07) is 0.710. The number of carbonyl (C=O) groups excluding carboxylic acids is 1. The first kappa shape index (κ1) is 10.9. The molecule has 0 aromatic heterocycles. The van der Waals surface area contributed by atoms with Gasteiger partial charge in [0.15, 0.2) is 0 Å². The number of hydrogen-bond acceptors (Lipinski definition) is 2. The molecule has 3 nitrogen and oxygen atoms in total. The van der Waals surface area contributed by atoms with Crippen LogP contribution in [0.3, 0.4) is 0 Å². The number of hydrogen-bond donors (Lipinski definition) is 1. The molecule has 15 heavy (non-hydrogen) atoms. The van der Waals surface area contributed by atoms with Crippen molar-refractivity contribution in [3.8, 4) is 0 Å². The van der Waals surface area contributed by atoms with Crippen LogP contribution in [0.4, 0.5) is 0 Å². The summed E-state index contributed by atoms with van der Waals surface area (Å²) in [6.07, 6.45) is 6.89. The third kappa shape index (κ3) is 2.03. The summed E-state index contributed by atoms with van der Waals surface area (Å²) in [5.74, 6) is 0.698. The normalized spacial score (nSPS) is 32.5. The van der Waals surface area contributed by atoms with Gasteiger partial charge in [-0.05, 0) is 39.0 Å². The van der Waals surface area contributed by atoms with Crippen molar-refractivity contribution in [3.63, 3.8) is 0 Å². The minimum Gasteiger partial charge on any atom is -0.336 e. The molecule has 0 bridgehead atoms. The Morgan fingerprint density at radius 1 is 1.27 bits per heavy atom. The van der Waals surface area contributed by atoms with E-state index in [1.54, 1.807) is 0 Å². The Morgan fingerprint density at radius 3 is 2.47 bits per heavy atom. The van der Waals surface area contributed by atoms with E-state index in [-0.39, 0.29) is 0 Å². The number of piperidine rings is 1. The molecule has 1 saturated carbocycles. The lowest BCUT2D eigenvalue weighted by Gasteiger charge is -2.43. The minimum absolute atomic E-state index is 0.307. The number of likely N-dealkylation sites (tertiary alicyclic amines) is 1. The van der Waals surface area contributed by atoms with Crippen molar-refractivity contribution in [1.29, 1.82) is 0 Å². The van der Waals surface area contributed by atoms with Crippen LogP contribution in [0.25, 0.3) is 0 Å². The molecule has 1 amide bonds. The first-order valence-corrected chi connectivity index (χ1v) is 6.26. The zero-order chi connectivity index (χ0) is 10.8. The average molecular weight is 210 g/mol. The van der Waals surface area contributed by atoms with Gasteiger partial charge >= 0.3 is 0 Å².